The molecule has 6 heteroatoms. The van der Waals surface area contributed by atoms with Gasteiger partial charge in [-0.3, -0.25) is 4.57 Å². The Morgan fingerprint density at radius 3 is 1.95 bits per heavy atom. The molecule has 0 fully saturated rings. The molecule has 4 aromatic carbocycles. The first-order valence-electron chi connectivity index (χ1n) is 13.4. The Morgan fingerprint density at radius 1 is 0.800 bits per heavy atom. The first kappa shape index (κ1) is 24.4. The van der Waals surface area contributed by atoms with Gasteiger partial charge < -0.3 is 9.47 Å². The van der Waals surface area contributed by atoms with Gasteiger partial charge in [-0.1, -0.05) is 109 Å². The summed E-state index contributed by atoms with van der Waals surface area (Å²) in [5.41, 5.74) is 6.44. The number of hydrogen-bond donors (Lipinski definition) is 0. The Balaban J connectivity index is 1.34. The molecule has 0 N–H and O–H groups in total. The molecule has 7 rings (SSSR count). The number of carbonyl (C=O) groups excluding carboxylic acids is 1. The van der Waals surface area contributed by atoms with Crippen LogP contribution in [0, 0.1) is 6.92 Å². The molecule has 2 aromatic heterocycles. The Kier molecular flexibility index (Phi) is 5.83. The van der Waals surface area contributed by atoms with E-state index in [2.05, 4.69) is 90.4 Å². The predicted molar refractivity (Wildman–Crippen MR) is 159 cm³/mol. The number of halogens is 1. The van der Waals surface area contributed by atoms with Crippen LogP contribution in [0.2, 0.25) is 5.02 Å². The highest BCUT2D eigenvalue weighted by atomic mass is 35.5. The number of aromatic nitrogens is 3. The predicted octanol–water partition coefficient (Wildman–Crippen LogP) is 7.62. The van der Waals surface area contributed by atoms with Gasteiger partial charge in [0.05, 0.1) is 30.6 Å². The van der Waals surface area contributed by atoms with E-state index < -0.39 is 5.54 Å². The van der Waals surface area contributed by atoms with Crippen molar-refractivity contribution < 1.29 is 4.79 Å². The van der Waals surface area contributed by atoms with Crippen LogP contribution in [0.3, 0.4) is 0 Å². The fraction of sp³-hybridized carbons (Fsp3) is 0.118. The van der Waals surface area contributed by atoms with E-state index in [4.69, 9.17) is 16.6 Å². The van der Waals surface area contributed by atoms with Gasteiger partial charge in [0.25, 0.3) is 0 Å². The van der Waals surface area contributed by atoms with Crippen molar-refractivity contribution >= 4 is 28.5 Å². The summed E-state index contributed by atoms with van der Waals surface area (Å²) in [6.07, 6.45) is 1.92. The summed E-state index contributed by atoms with van der Waals surface area (Å²) in [5, 5.41) is 1.64. The summed E-state index contributed by atoms with van der Waals surface area (Å²) in [7, 11) is 0. The van der Waals surface area contributed by atoms with Gasteiger partial charge >= 0.3 is 6.03 Å². The lowest BCUT2D eigenvalue weighted by molar-refractivity contribution is 0.207. The SMILES string of the molecule is Cc1c(CN2Cc3cc4ccc(Cl)cc4n3C2=O)ncn1C(c1ccccc1)(c1ccccc1)c1ccccc1. The second kappa shape index (κ2) is 9.54. The highest BCUT2D eigenvalue weighted by molar-refractivity contribution is 6.31. The molecule has 40 heavy (non-hydrogen) atoms. The summed E-state index contributed by atoms with van der Waals surface area (Å²) in [6.45, 7) is 3.04. The van der Waals surface area contributed by atoms with Crippen molar-refractivity contribution in [2.75, 3.05) is 0 Å². The monoisotopic (exact) mass is 542 g/mol. The topological polar surface area (TPSA) is 43.1 Å². The maximum absolute atomic E-state index is 13.6. The maximum Gasteiger partial charge on any atom is 0.329 e. The molecule has 3 heterocycles. The van der Waals surface area contributed by atoms with Gasteiger partial charge in [0.2, 0.25) is 0 Å². The Labute approximate surface area is 237 Å². The number of amides is 1. The minimum Gasteiger partial charge on any atom is -0.316 e. The van der Waals surface area contributed by atoms with Crippen LogP contribution in [0.1, 0.15) is 33.8 Å². The lowest BCUT2D eigenvalue weighted by Gasteiger charge is -2.38. The number of imidazole rings is 1. The van der Waals surface area contributed by atoms with Crippen molar-refractivity contribution in [1.82, 2.24) is 19.0 Å². The molecule has 5 nitrogen and oxygen atoms in total. The molecular formula is C34H27ClN4O. The van der Waals surface area contributed by atoms with E-state index in [1.165, 1.54) is 0 Å². The van der Waals surface area contributed by atoms with Gasteiger partial charge in [0.15, 0.2) is 0 Å². The van der Waals surface area contributed by atoms with Gasteiger partial charge in [-0.05, 0) is 41.8 Å². The molecule has 0 radical (unpaired) electrons. The van der Waals surface area contributed by atoms with Crippen molar-refractivity contribution in [3.8, 4) is 0 Å². The molecule has 1 aliphatic heterocycles. The lowest BCUT2D eigenvalue weighted by atomic mass is 9.76. The Morgan fingerprint density at radius 2 is 1.38 bits per heavy atom. The number of benzene rings is 4. The van der Waals surface area contributed by atoms with E-state index in [-0.39, 0.29) is 6.03 Å². The van der Waals surface area contributed by atoms with Gasteiger partial charge in [0, 0.05) is 21.8 Å². The molecule has 0 saturated carbocycles. The average molecular weight is 543 g/mol. The summed E-state index contributed by atoms with van der Waals surface area (Å²) in [5.74, 6) is 0. The minimum absolute atomic E-state index is 0.0540. The summed E-state index contributed by atoms with van der Waals surface area (Å²) < 4.78 is 4.04. The van der Waals surface area contributed by atoms with Crippen LogP contribution in [-0.4, -0.2) is 25.0 Å². The van der Waals surface area contributed by atoms with Gasteiger partial charge in [-0.25, -0.2) is 9.78 Å². The van der Waals surface area contributed by atoms with Crippen LogP contribution >= 0.6 is 11.6 Å². The van der Waals surface area contributed by atoms with Crippen molar-refractivity contribution in [3.05, 3.63) is 160 Å². The minimum atomic E-state index is -0.646. The number of fused-ring (bicyclic) bond motifs is 3. The number of rotatable bonds is 6. The quantitative estimate of drug-likeness (QED) is 0.203. The zero-order chi connectivity index (χ0) is 27.3. The third-order valence-electron chi connectivity index (χ3n) is 8.04. The molecule has 0 saturated heterocycles. The van der Waals surface area contributed by atoms with Crippen LogP contribution in [0.5, 0.6) is 0 Å². The molecule has 196 valence electrons. The highest BCUT2D eigenvalue weighted by Crippen LogP contribution is 2.42. The van der Waals surface area contributed by atoms with Crippen molar-refractivity contribution in [1.29, 1.82) is 0 Å². The van der Waals surface area contributed by atoms with E-state index in [0.29, 0.717) is 18.1 Å². The van der Waals surface area contributed by atoms with Crippen LogP contribution in [0.15, 0.2) is 122 Å². The van der Waals surface area contributed by atoms with Gasteiger partial charge in [0.1, 0.15) is 5.54 Å². The first-order chi connectivity index (χ1) is 19.6. The van der Waals surface area contributed by atoms with Crippen molar-refractivity contribution in [3.63, 3.8) is 0 Å². The average Bonchev–Trinajstić information content (AvgIpc) is 3.63. The lowest BCUT2D eigenvalue weighted by Crippen LogP contribution is -2.38. The van der Waals surface area contributed by atoms with Crippen LogP contribution in [-0.2, 0) is 18.6 Å². The van der Waals surface area contributed by atoms with Crippen LogP contribution in [0.4, 0.5) is 4.79 Å². The van der Waals surface area contributed by atoms with E-state index in [1.54, 1.807) is 4.57 Å². The Bertz CT molecular complexity index is 1740. The van der Waals surface area contributed by atoms with E-state index in [9.17, 15) is 4.79 Å². The molecular weight excluding hydrogens is 516 g/mol. The van der Waals surface area contributed by atoms with Gasteiger partial charge in [-0.15, -0.1) is 0 Å². The molecule has 1 amide bonds. The highest BCUT2D eigenvalue weighted by Gasteiger charge is 2.40. The first-order valence-corrected chi connectivity index (χ1v) is 13.7. The normalized spacial score (nSPS) is 13.2. The standard InChI is InChI=1S/C34H27ClN4O/c1-24-31(22-37-21-30-19-25-17-18-29(35)20-32(25)39(30)33(37)40)36-23-38(24)34(26-11-5-2-6-12-26,27-13-7-3-8-14-27)28-15-9-4-10-16-28/h2-20,23H,21-22H2,1H3. The third-order valence-corrected chi connectivity index (χ3v) is 8.28. The second-order valence-electron chi connectivity index (χ2n) is 10.3. The zero-order valence-corrected chi connectivity index (χ0v) is 22.8. The number of nitrogens with zero attached hydrogens (tertiary/aromatic N) is 4. The maximum atomic E-state index is 13.6. The number of carbonyl (C=O) groups is 1. The molecule has 0 spiro atoms. The van der Waals surface area contributed by atoms with E-state index in [0.717, 1.165) is 44.7 Å². The Hall–Kier alpha value is -4.61. The summed E-state index contributed by atoms with van der Waals surface area (Å²) >= 11 is 6.26. The smallest absolute Gasteiger partial charge is 0.316 e. The molecule has 0 unspecified atom stereocenters. The molecule has 0 bridgehead atoms. The molecule has 0 atom stereocenters. The largest absolute Gasteiger partial charge is 0.329 e. The van der Waals surface area contributed by atoms with Gasteiger partial charge in [-0.2, -0.15) is 0 Å². The third kappa shape index (κ3) is 3.69. The molecule has 1 aliphatic rings. The summed E-state index contributed by atoms with van der Waals surface area (Å²) in [6, 6.07) is 39.3. The van der Waals surface area contributed by atoms with Crippen LogP contribution < -0.4 is 0 Å². The summed E-state index contributed by atoms with van der Waals surface area (Å²) in [4.78, 5) is 20.3. The van der Waals surface area contributed by atoms with Crippen molar-refractivity contribution in [2.45, 2.75) is 25.6 Å². The fourth-order valence-electron chi connectivity index (χ4n) is 6.18. The van der Waals surface area contributed by atoms with Crippen LogP contribution in [0.25, 0.3) is 10.9 Å². The molecule has 0 aliphatic carbocycles. The van der Waals surface area contributed by atoms with E-state index >= 15 is 0 Å². The van der Waals surface area contributed by atoms with Crippen molar-refractivity contribution in [2.24, 2.45) is 0 Å². The number of hydrogen-bond acceptors (Lipinski definition) is 2. The molecule has 6 aromatic rings. The fourth-order valence-corrected chi connectivity index (χ4v) is 6.34. The van der Waals surface area contributed by atoms with E-state index in [1.807, 2.05) is 47.6 Å². The zero-order valence-electron chi connectivity index (χ0n) is 22.0. The second-order valence-corrected chi connectivity index (χ2v) is 10.7.